The summed E-state index contributed by atoms with van der Waals surface area (Å²) in [6.45, 7) is 3.70. The molecule has 0 aliphatic carbocycles. The summed E-state index contributed by atoms with van der Waals surface area (Å²) in [4.78, 5) is 0. The quantitative estimate of drug-likeness (QED) is 0.670. The van der Waals surface area contributed by atoms with E-state index >= 15 is 0 Å². The summed E-state index contributed by atoms with van der Waals surface area (Å²) in [6.07, 6.45) is 4.74. The molecule has 0 atom stereocenters. The van der Waals surface area contributed by atoms with Gasteiger partial charge in [-0.1, -0.05) is 12.8 Å². The molecular formula is C11H20N4. The molecule has 1 heterocycles. The normalized spacial score (nSPS) is 10.3. The standard InChI is InChI=1S/C11H20N4/c1-10-6-7-11(15-14-10)13-9-5-3-2-4-8-12/h6-7H,2-5,8-9,12H2,1H3,(H,13,15). The van der Waals surface area contributed by atoms with Gasteiger partial charge in [0.15, 0.2) is 0 Å². The van der Waals surface area contributed by atoms with Gasteiger partial charge in [-0.05, 0) is 38.4 Å². The lowest BCUT2D eigenvalue weighted by atomic mass is 10.2. The van der Waals surface area contributed by atoms with E-state index in [9.17, 15) is 0 Å². The number of hydrogen-bond donors (Lipinski definition) is 2. The van der Waals surface area contributed by atoms with Gasteiger partial charge in [-0.2, -0.15) is 5.10 Å². The van der Waals surface area contributed by atoms with Crippen LogP contribution in [0.4, 0.5) is 5.82 Å². The zero-order valence-corrected chi connectivity index (χ0v) is 9.37. The van der Waals surface area contributed by atoms with E-state index in [1.165, 1.54) is 12.8 Å². The van der Waals surface area contributed by atoms with Crippen LogP contribution >= 0.6 is 0 Å². The van der Waals surface area contributed by atoms with Gasteiger partial charge >= 0.3 is 0 Å². The van der Waals surface area contributed by atoms with E-state index < -0.39 is 0 Å². The maximum atomic E-state index is 5.41. The smallest absolute Gasteiger partial charge is 0.148 e. The molecule has 0 aromatic carbocycles. The molecular weight excluding hydrogens is 188 g/mol. The highest BCUT2D eigenvalue weighted by molar-refractivity contribution is 5.32. The Labute approximate surface area is 91.3 Å². The molecule has 0 fully saturated rings. The van der Waals surface area contributed by atoms with E-state index in [0.29, 0.717) is 0 Å². The topological polar surface area (TPSA) is 63.8 Å². The summed E-state index contributed by atoms with van der Waals surface area (Å²) in [6, 6.07) is 3.92. The van der Waals surface area contributed by atoms with Crippen LogP contribution in [0.15, 0.2) is 12.1 Å². The Morgan fingerprint density at radius 3 is 2.60 bits per heavy atom. The van der Waals surface area contributed by atoms with Crippen molar-refractivity contribution in [3.05, 3.63) is 17.8 Å². The van der Waals surface area contributed by atoms with Crippen molar-refractivity contribution in [3.63, 3.8) is 0 Å². The van der Waals surface area contributed by atoms with E-state index in [0.717, 1.165) is 37.4 Å². The van der Waals surface area contributed by atoms with Crippen LogP contribution in [0.2, 0.25) is 0 Å². The number of nitrogens with one attached hydrogen (secondary N) is 1. The largest absolute Gasteiger partial charge is 0.369 e. The first-order valence-corrected chi connectivity index (χ1v) is 5.57. The lowest BCUT2D eigenvalue weighted by molar-refractivity contribution is 0.660. The van der Waals surface area contributed by atoms with Crippen molar-refractivity contribution in [1.82, 2.24) is 10.2 Å². The van der Waals surface area contributed by atoms with Gasteiger partial charge in [-0.25, -0.2) is 0 Å². The summed E-state index contributed by atoms with van der Waals surface area (Å²) in [5.41, 5.74) is 6.36. The molecule has 0 aliphatic heterocycles. The predicted octanol–water partition coefficient (Wildman–Crippen LogP) is 1.72. The number of aryl methyl sites for hydroxylation is 1. The summed E-state index contributed by atoms with van der Waals surface area (Å²) < 4.78 is 0. The zero-order chi connectivity index (χ0) is 10.9. The van der Waals surface area contributed by atoms with Gasteiger partial charge in [0.25, 0.3) is 0 Å². The van der Waals surface area contributed by atoms with E-state index in [1.54, 1.807) is 0 Å². The predicted molar refractivity (Wildman–Crippen MR) is 62.8 cm³/mol. The highest BCUT2D eigenvalue weighted by Crippen LogP contribution is 2.03. The maximum absolute atomic E-state index is 5.41. The molecule has 0 saturated carbocycles. The van der Waals surface area contributed by atoms with Gasteiger partial charge in [0.1, 0.15) is 5.82 Å². The van der Waals surface area contributed by atoms with Gasteiger partial charge in [0.2, 0.25) is 0 Å². The van der Waals surface area contributed by atoms with Crippen LogP contribution in [-0.4, -0.2) is 23.3 Å². The first-order chi connectivity index (χ1) is 7.33. The minimum Gasteiger partial charge on any atom is -0.369 e. The number of anilines is 1. The molecule has 1 rings (SSSR count). The molecule has 3 N–H and O–H groups in total. The molecule has 0 unspecified atom stereocenters. The van der Waals surface area contributed by atoms with Crippen molar-refractivity contribution >= 4 is 5.82 Å². The Hall–Kier alpha value is -1.16. The van der Waals surface area contributed by atoms with Crippen molar-refractivity contribution < 1.29 is 0 Å². The number of nitrogens with zero attached hydrogens (tertiary/aromatic N) is 2. The van der Waals surface area contributed by atoms with Gasteiger partial charge in [0, 0.05) is 6.54 Å². The average Bonchev–Trinajstić information content (AvgIpc) is 2.26. The third-order valence-corrected chi connectivity index (χ3v) is 2.23. The third kappa shape index (κ3) is 5.32. The van der Waals surface area contributed by atoms with E-state index in [4.69, 9.17) is 5.73 Å². The number of rotatable bonds is 7. The molecule has 0 saturated heterocycles. The molecule has 4 nitrogen and oxygen atoms in total. The van der Waals surface area contributed by atoms with Gasteiger partial charge in [-0.15, -0.1) is 5.10 Å². The fourth-order valence-electron chi connectivity index (χ4n) is 1.33. The van der Waals surface area contributed by atoms with Crippen LogP contribution in [-0.2, 0) is 0 Å². The lowest BCUT2D eigenvalue weighted by Gasteiger charge is -2.04. The highest BCUT2D eigenvalue weighted by atomic mass is 15.2. The van der Waals surface area contributed by atoms with Crippen LogP contribution in [0, 0.1) is 6.92 Å². The Kier molecular flexibility index (Phi) is 5.70. The second-order valence-corrected chi connectivity index (χ2v) is 3.69. The van der Waals surface area contributed by atoms with Crippen molar-refractivity contribution in [1.29, 1.82) is 0 Å². The van der Waals surface area contributed by atoms with Crippen LogP contribution in [0.25, 0.3) is 0 Å². The number of hydrogen-bond acceptors (Lipinski definition) is 4. The van der Waals surface area contributed by atoms with Crippen LogP contribution in [0.5, 0.6) is 0 Å². The van der Waals surface area contributed by atoms with Crippen molar-refractivity contribution in [3.8, 4) is 0 Å². The SMILES string of the molecule is Cc1ccc(NCCCCCCN)nn1. The molecule has 0 aliphatic rings. The monoisotopic (exact) mass is 208 g/mol. The van der Waals surface area contributed by atoms with Gasteiger partial charge in [0.05, 0.1) is 5.69 Å². The molecule has 0 amide bonds. The number of nitrogens with two attached hydrogens (primary N) is 1. The van der Waals surface area contributed by atoms with Crippen molar-refractivity contribution in [2.75, 3.05) is 18.4 Å². The van der Waals surface area contributed by atoms with Gasteiger partial charge < -0.3 is 11.1 Å². The minimum atomic E-state index is 0.802. The van der Waals surface area contributed by atoms with Crippen molar-refractivity contribution in [2.24, 2.45) is 5.73 Å². The maximum Gasteiger partial charge on any atom is 0.148 e. The fourth-order valence-corrected chi connectivity index (χ4v) is 1.33. The Morgan fingerprint density at radius 2 is 1.93 bits per heavy atom. The number of aromatic nitrogens is 2. The van der Waals surface area contributed by atoms with E-state index in [2.05, 4.69) is 15.5 Å². The molecule has 4 heteroatoms. The lowest BCUT2D eigenvalue weighted by Crippen LogP contribution is -2.05. The highest BCUT2D eigenvalue weighted by Gasteiger charge is 1.93. The van der Waals surface area contributed by atoms with Crippen LogP contribution in [0.3, 0.4) is 0 Å². The summed E-state index contributed by atoms with van der Waals surface area (Å²) >= 11 is 0. The second-order valence-electron chi connectivity index (χ2n) is 3.69. The second kappa shape index (κ2) is 7.17. The summed E-state index contributed by atoms with van der Waals surface area (Å²) in [5.74, 6) is 0.861. The van der Waals surface area contributed by atoms with E-state index in [-0.39, 0.29) is 0 Å². The molecule has 84 valence electrons. The third-order valence-electron chi connectivity index (χ3n) is 2.23. The van der Waals surface area contributed by atoms with Crippen LogP contribution < -0.4 is 11.1 Å². The fraction of sp³-hybridized carbons (Fsp3) is 0.636. The molecule has 15 heavy (non-hydrogen) atoms. The number of unbranched alkanes of at least 4 members (excludes halogenated alkanes) is 3. The molecule has 1 aromatic heterocycles. The van der Waals surface area contributed by atoms with Crippen molar-refractivity contribution in [2.45, 2.75) is 32.6 Å². The minimum absolute atomic E-state index is 0.802. The first-order valence-electron chi connectivity index (χ1n) is 5.57. The zero-order valence-electron chi connectivity index (χ0n) is 9.37. The molecule has 0 bridgehead atoms. The first kappa shape index (κ1) is 11.9. The van der Waals surface area contributed by atoms with Crippen LogP contribution in [0.1, 0.15) is 31.4 Å². The molecule has 0 spiro atoms. The Bertz CT molecular complexity index is 258. The summed E-state index contributed by atoms with van der Waals surface area (Å²) in [5, 5.41) is 11.3. The molecule has 0 radical (unpaired) electrons. The average molecular weight is 208 g/mol. The van der Waals surface area contributed by atoms with Gasteiger partial charge in [-0.3, -0.25) is 0 Å². The van der Waals surface area contributed by atoms with E-state index in [1.807, 2.05) is 19.1 Å². The molecule has 1 aromatic rings. The Morgan fingerprint density at radius 1 is 1.13 bits per heavy atom. The summed E-state index contributed by atoms with van der Waals surface area (Å²) in [7, 11) is 0. The Balaban J connectivity index is 2.07.